The van der Waals surface area contributed by atoms with Crippen molar-refractivity contribution in [1.29, 1.82) is 0 Å². The largest absolute Gasteiger partial charge is 0.465 e. The van der Waals surface area contributed by atoms with Crippen molar-refractivity contribution in [2.24, 2.45) is 0 Å². The van der Waals surface area contributed by atoms with Gasteiger partial charge in [-0.15, -0.1) is 0 Å². The van der Waals surface area contributed by atoms with E-state index in [0.717, 1.165) is 11.0 Å². The second kappa shape index (κ2) is 8.15. The molecule has 2 heterocycles. The van der Waals surface area contributed by atoms with Gasteiger partial charge in [0, 0.05) is 25.3 Å². The van der Waals surface area contributed by atoms with Crippen LogP contribution in [0.1, 0.15) is 17.7 Å². The van der Waals surface area contributed by atoms with E-state index in [9.17, 15) is 23.9 Å². The minimum absolute atomic E-state index is 0.0579. The topological polar surface area (TPSA) is 127 Å². The van der Waals surface area contributed by atoms with Crippen molar-refractivity contribution < 1.29 is 23.8 Å². The summed E-state index contributed by atoms with van der Waals surface area (Å²) in [6.45, 7) is 3.47. The Morgan fingerprint density at radius 2 is 2.00 bits per heavy atom. The summed E-state index contributed by atoms with van der Waals surface area (Å²) >= 11 is 0. The minimum atomic E-state index is -1.25. The highest BCUT2D eigenvalue weighted by molar-refractivity contribution is 5.97. The van der Waals surface area contributed by atoms with Crippen LogP contribution in [0.2, 0.25) is 0 Å². The number of anilines is 2. The number of benzene rings is 1. The van der Waals surface area contributed by atoms with Gasteiger partial charge in [-0.25, -0.2) is 9.18 Å². The molecule has 30 heavy (non-hydrogen) atoms. The number of hydrogen-bond donors (Lipinski definition) is 3. The van der Waals surface area contributed by atoms with E-state index in [1.165, 1.54) is 23.8 Å². The molecule has 9 nitrogen and oxygen atoms in total. The molecule has 4 N–H and O–H groups in total. The van der Waals surface area contributed by atoms with Crippen molar-refractivity contribution >= 4 is 23.4 Å². The van der Waals surface area contributed by atoms with E-state index in [4.69, 9.17) is 10.5 Å². The van der Waals surface area contributed by atoms with Crippen LogP contribution in [0.4, 0.5) is 20.6 Å². The van der Waals surface area contributed by atoms with Gasteiger partial charge in [0.05, 0.1) is 24.0 Å². The number of halogens is 1. The molecule has 1 aromatic heterocycles. The summed E-state index contributed by atoms with van der Waals surface area (Å²) in [6.07, 6.45) is -1.49. The fourth-order valence-corrected chi connectivity index (χ4v) is 3.61. The number of methoxy groups -OCH3 is 1. The van der Waals surface area contributed by atoms with Crippen LogP contribution in [-0.2, 0) is 9.53 Å². The predicted octanol–water partition coefficient (Wildman–Crippen LogP) is 1.88. The number of aryl methyl sites for hydroxylation is 2. The van der Waals surface area contributed by atoms with Gasteiger partial charge < -0.3 is 20.9 Å². The molecule has 10 heteroatoms. The van der Waals surface area contributed by atoms with E-state index in [1.807, 2.05) is 0 Å². The number of nitrogens with two attached hydrogens (primary N) is 1. The molecule has 1 saturated heterocycles. The summed E-state index contributed by atoms with van der Waals surface area (Å²) < 4.78 is 21.1. The highest BCUT2D eigenvalue weighted by atomic mass is 19.1. The molecule has 1 aliphatic heterocycles. The Labute approximate surface area is 171 Å². The van der Waals surface area contributed by atoms with Gasteiger partial charge in [0.15, 0.2) is 0 Å². The predicted molar refractivity (Wildman–Crippen MR) is 108 cm³/mol. The molecule has 2 atom stereocenters. The summed E-state index contributed by atoms with van der Waals surface area (Å²) in [4.78, 5) is 37.4. The highest BCUT2D eigenvalue weighted by Gasteiger charge is 2.40. The van der Waals surface area contributed by atoms with Gasteiger partial charge in [0.25, 0.3) is 5.56 Å². The molecule has 0 bridgehead atoms. The van der Waals surface area contributed by atoms with Gasteiger partial charge in [0.2, 0.25) is 5.91 Å². The summed E-state index contributed by atoms with van der Waals surface area (Å²) in [5, 5.41) is 11.7. The van der Waals surface area contributed by atoms with Crippen LogP contribution in [0.15, 0.2) is 29.1 Å². The maximum atomic E-state index is 14.7. The number of carboxylic acid groups (broad SMARTS) is 1. The van der Waals surface area contributed by atoms with Crippen LogP contribution < -0.4 is 16.6 Å². The van der Waals surface area contributed by atoms with Gasteiger partial charge in [-0.05, 0) is 37.6 Å². The van der Waals surface area contributed by atoms with Crippen molar-refractivity contribution in [3.8, 4) is 5.69 Å². The normalized spacial score (nSPS) is 18.5. The van der Waals surface area contributed by atoms with Crippen LogP contribution in [0, 0.1) is 19.7 Å². The minimum Gasteiger partial charge on any atom is -0.465 e. The highest BCUT2D eigenvalue weighted by Crippen LogP contribution is 2.24. The maximum absolute atomic E-state index is 14.7. The standard InChI is InChI=1S/C20H23FN4O5/c1-10-6-11(2)25(19(27)17(10)22)12-4-5-15(14(21)7-12)23-18(26)16-8-13(30-3)9-24(16)20(28)29/h4-7,13,16H,8-9,22H2,1-3H3,(H,23,26)(H,28,29)/t13-,16-/m1/s1. The SMILES string of the molecule is CO[C@@H]1C[C@H](C(=O)Nc2ccc(-n3c(C)cc(C)c(N)c3=O)cc2F)N(C(=O)O)C1. The summed E-state index contributed by atoms with van der Waals surface area (Å²) in [6, 6.07) is 4.63. The van der Waals surface area contributed by atoms with E-state index >= 15 is 0 Å². The van der Waals surface area contributed by atoms with E-state index in [-0.39, 0.29) is 30.0 Å². The first-order chi connectivity index (χ1) is 14.1. The first kappa shape index (κ1) is 21.3. The van der Waals surface area contributed by atoms with Crippen LogP contribution >= 0.6 is 0 Å². The van der Waals surface area contributed by atoms with Crippen LogP contribution in [0.5, 0.6) is 0 Å². The Morgan fingerprint density at radius 1 is 1.30 bits per heavy atom. The third-order valence-corrected chi connectivity index (χ3v) is 5.25. The number of aromatic nitrogens is 1. The number of ether oxygens (including phenoxy) is 1. The van der Waals surface area contributed by atoms with Gasteiger partial charge in [-0.2, -0.15) is 0 Å². The first-order valence-electron chi connectivity index (χ1n) is 9.26. The van der Waals surface area contributed by atoms with Gasteiger partial charge >= 0.3 is 6.09 Å². The van der Waals surface area contributed by atoms with Crippen LogP contribution in [-0.4, -0.2) is 52.4 Å². The Balaban J connectivity index is 1.87. The van der Waals surface area contributed by atoms with Crippen LogP contribution in [0.25, 0.3) is 5.69 Å². The summed E-state index contributed by atoms with van der Waals surface area (Å²) in [7, 11) is 1.44. The number of nitrogens with zero attached hydrogens (tertiary/aromatic N) is 2. The van der Waals surface area contributed by atoms with Gasteiger partial charge in [0.1, 0.15) is 17.5 Å². The van der Waals surface area contributed by atoms with Crippen molar-refractivity contribution in [2.45, 2.75) is 32.4 Å². The average Bonchev–Trinajstić information content (AvgIpc) is 3.13. The van der Waals surface area contributed by atoms with E-state index < -0.39 is 35.5 Å². The number of nitrogen functional groups attached to an aromatic ring is 1. The summed E-state index contributed by atoms with van der Waals surface area (Å²) in [5.74, 6) is -1.43. The zero-order valence-electron chi connectivity index (χ0n) is 16.8. The maximum Gasteiger partial charge on any atom is 0.408 e. The van der Waals surface area contributed by atoms with E-state index in [1.54, 1.807) is 19.9 Å². The number of likely N-dealkylation sites (tertiary alicyclic amines) is 1. The van der Waals surface area contributed by atoms with Gasteiger partial charge in [-0.3, -0.25) is 19.1 Å². The van der Waals surface area contributed by atoms with Crippen molar-refractivity contribution in [2.75, 3.05) is 24.7 Å². The summed E-state index contributed by atoms with van der Waals surface area (Å²) in [5.41, 5.74) is 6.76. The molecular weight excluding hydrogens is 395 g/mol. The van der Waals surface area contributed by atoms with Crippen molar-refractivity contribution in [1.82, 2.24) is 9.47 Å². The Bertz CT molecular complexity index is 1070. The molecule has 1 aromatic carbocycles. The molecule has 160 valence electrons. The lowest BCUT2D eigenvalue weighted by molar-refractivity contribution is -0.120. The Morgan fingerprint density at radius 3 is 2.60 bits per heavy atom. The smallest absolute Gasteiger partial charge is 0.408 e. The molecular formula is C20H23FN4O5. The zero-order valence-corrected chi connectivity index (χ0v) is 16.8. The third kappa shape index (κ3) is 3.86. The number of nitrogens with one attached hydrogen (secondary N) is 1. The molecule has 0 aliphatic carbocycles. The second-order valence-corrected chi connectivity index (χ2v) is 7.22. The molecule has 2 amide bonds. The lowest BCUT2D eigenvalue weighted by atomic mass is 10.1. The molecule has 1 fully saturated rings. The van der Waals surface area contributed by atoms with E-state index in [2.05, 4.69) is 5.32 Å². The monoisotopic (exact) mass is 418 g/mol. The molecule has 0 radical (unpaired) electrons. The number of hydrogen-bond acceptors (Lipinski definition) is 5. The second-order valence-electron chi connectivity index (χ2n) is 7.22. The molecule has 0 saturated carbocycles. The number of carbonyl (C=O) groups is 2. The Kier molecular flexibility index (Phi) is 5.79. The fraction of sp³-hybridized carbons (Fsp3) is 0.350. The van der Waals surface area contributed by atoms with Crippen molar-refractivity contribution in [3.05, 3.63) is 51.7 Å². The quantitative estimate of drug-likeness (QED) is 0.696. The number of carbonyl (C=O) groups excluding carboxylic acids is 1. The van der Waals surface area contributed by atoms with Crippen LogP contribution in [0.3, 0.4) is 0 Å². The number of rotatable bonds is 4. The number of pyridine rings is 1. The lowest BCUT2D eigenvalue weighted by Gasteiger charge is -2.20. The molecule has 0 spiro atoms. The zero-order chi connectivity index (χ0) is 22.2. The van der Waals surface area contributed by atoms with E-state index in [0.29, 0.717) is 11.3 Å². The average molecular weight is 418 g/mol. The van der Waals surface area contributed by atoms with Crippen molar-refractivity contribution in [3.63, 3.8) is 0 Å². The third-order valence-electron chi connectivity index (χ3n) is 5.25. The van der Waals surface area contributed by atoms with Gasteiger partial charge in [-0.1, -0.05) is 0 Å². The molecule has 2 aromatic rings. The molecule has 0 unspecified atom stereocenters. The molecule has 1 aliphatic rings. The first-order valence-corrected chi connectivity index (χ1v) is 9.26. The number of amides is 2. The Hall–Kier alpha value is -3.40. The lowest BCUT2D eigenvalue weighted by Crippen LogP contribution is -2.42. The fourth-order valence-electron chi connectivity index (χ4n) is 3.61. The molecule has 3 rings (SSSR count).